The summed E-state index contributed by atoms with van der Waals surface area (Å²) in [7, 11) is 7.31. The molecule has 0 aliphatic heterocycles. The first-order valence-corrected chi connectivity index (χ1v) is 11.9. The Bertz CT molecular complexity index is 608. The summed E-state index contributed by atoms with van der Waals surface area (Å²) in [5, 5.41) is 0. The number of hydrogen-bond acceptors (Lipinski definition) is 0. The van der Waals surface area contributed by atoms with Crippen molar-refractivity contribution >= 4 is 9.30 Å². The fraction of sp³-hybridized carbons (Fsp3) is 0.600. The first-order chi connectivity index (χ1) is 9.86. The summed E-state index contributed by atoms with van der Waals surface area (Å²) in [6.07, 6.45) is 0. The molecule has 121 valence electrons. The third-order valence-electron chi connectivity index (χ3n) is 6.56. The second-order valence-electron chi connectivity index (χ2n) is 8.06. The third kappa shape index (κ3) is 2.29. The second-order valence-corrected chi connectivity index (χ2v) is 12.2. The molecular formula is C20H30ClTi. The van der Waals surface area contributed by atoms with Crippen LogP contribution in [-0.2, 0) is 16.8 Å². The molecule has 22 heavy (non-hydrogen) atoms. The van der Waals surface area contributed by atoms with Gasteiger partial charge < -0.3 is 0 Å². The van der Waals surface area contributed by atoms with Crippen molar-refractivity contribution in [2.45, 2.75) is 69.2 Å². The molecule has 0 saturated carbocycles. The van der Waals surface area contributed by atoms with Gasteiger partial charge in [-0.25, -0.2) is 0 Å². The number of rotatable bonds is 2. The molecule has 0 heterocycles. The molecule has 0 unspecified atom stereocenters. The monoisotopic (exact) mass is 353 g/mol. The van der Waals surface area contributed by atoms with Gasteiger partial charge in [-0.15, -0.1) is 0 Å². The van der Waals surface area contributed by atoms with Gasteiger partial charge >= 0.3 is 147 Å². The van der Waals surface area contributed by atoms with Gasteiger partial charge in [-0.3, -0.25) is 0 Å². The number of hydrogen-bond donors (Lipinski definition) is 0. The molecule has 0 aromatic carbocycles. The molecule has 0 aromatic rings. The van der Waals surface area contributed by atoms with E-state index in [0.29, 0.717) is 0 Å². The van der Waals surface area contributed by atoms with Gasteiger partial charge in [0.15, 0.2) is 0 Å². The van der Waals surface area contributed by atoms with Crippen LogP contribution in [0.4, 0.5) is 0 Å². The topological polar surface area (TPSA) is 0 Å². The van der Waals surface area contributed by atoms with Gasteiger partial charge in [-0.2, -0.15) is 0 Å². The average molecular weight is 354 g/mol. The predicted molar refractivity (Wildman–Crippen MR) is 95.6 cm³/mol. The second kappa shape index (κ2) is 5.50. The van der Waals surface area contributed by atoms with E-state index in [0.717, 1.165) is 0 Å². The average Bonchev–Trinajstić information content (AvgIpc) is 2.66. The van der Waals surface area contributed by atoms with E-state index in [2.05, 4.69) is 69.2 Å². The maximum absolute atomic E-state index is 7.31. The van der Waals surface area contributed by atoms with Crippen LogP contribution in [0, 0.1) is 10.8 Å². The van der Waals surface area contributed by atoms with E-state index in [9.17, 15) is 0 Å². The molecule has 0 saturated heterocycles. The normalized spacial score (nSPS) is 24.1. The van der Waals surface area contributed by atoms with Crippen LogP contribution in [0.5, 0.6) is 0 Å². The summed E-state index contributed by atoms with van der Waals surface area (Å²) in [5.74, 6) is 0. The van der Waals surface area contributed by atoms with Crippen LogP contribution in [0.3, 0.4) is 0 Å². The fourth-order valence-corrected chi connectivity index (χ4v) is 11.6. The van der Waals surface area contributed by atoms with Crippen molar-refractivity contribution in [1.29, 1.82) is 0 Å². The zero-order valence-electron chi connectivity index (χ0n) is 15.9. The number of halogens is 1. The molecule has 0 nitrogen and oxygen atoms in total. The van der Waals surface area contributed by atoms with E-state index < -0.39 is 16.8 Å². The molecule has 0 bridgehead atoms. The van der Waals surface area contributed by atoms with E-state index in [-0.39, 0.29) is 10.8 Å². The van der Waals surface area contributed by atoms with Gasteiger partial charge in [-0.05, 0) is 0 Å². The number of allylic oxidation sites excluding steroid dienone is 8. The Morgan fingerprint density at radius 2 is 0.864 bits per heavy atom. The summed E-state index contributed by atoms with van der Waals surface area (Å²) in [6.45, 7) is 23.1. The minimum atomic E-state index is -2.01. The Hall–Kier alpha value is -0.0357. The minimum absolute atomic E-state index is 0.124. The molecule has 2 aliphatic carbocycles. The molecule has 2 aliphatic rings. The summed E-state index contributed by atoms with van der Waals surface area (Å²) in [5.41, 5.74) is 9.10. The summed E-state index contributed by atoms with van der Waals surface area (Å²) >= 11 is -2.01. The molecule has 2 heteroatoms. The summed E-state index contributed by atoms with van der Waals surface area (Å²) in [4.78, 5) is 0. The molecule has 2 rings (SSSR count). The van der Waals surface area contributed by atoms with Gasteiger partial charge in [0.2, 0.25) is 0 Å². The molecule has 0 radical (unpaired) electrons. The van der Waals surface area contributed by atoms with Crippen LogP contribution in [0.25, 0.3) is 0 Å². The fourth-order valence-electron chi connectivity index (χ4n) is 4.19. The molecule has 0 atom stereocenters. The van der Waals surface area contributed by atoms with Gasteiger partial charge in [0, 0.05) is 0 Å². The maximum atomic E-state index is 7.31. The predicted octanol–water partition coefficient (Wildman–Crippen LogP) is 7.06. The zero-order valence-corrected chi connectivity index (χ0v) is 18.2. The Labute approximate surface area is 147 Å². The van der Waals surface area contributed by atoms with Crippen LogP contribution >= 0.6 is 9.30 Å². The van der Waals surface area contributed by atoms with Crippen LogP contribution in [0.1, 0.15) is 69.2 Å². The molecule has 0 spiro atoms. The summed E-state index contributed by atoms with van der Waals surface area (Å²) in [6, 6.07) is 0. The van der Waals surface area contributed by atoms with Crippen molar-refractivity contribution in [3.8, 4) is 0 Å². The van der Waals surface area contributed by atoms with Gasteiger partial charge in [0.05, 0.1) is 0 Å². The Kier molecular flexibility index (Phi) is 4.58. The Morgan fingerprint density at radius 3 is 1.05 bits per heavy atom. The molecule has 0 fully saturated rings. The van der Waals surface area contributed by atoms with E-state index in [1.165, 1.54) is 33.4 Å². The van der Waals surface area contributed by atoms with Crippen molar-refractivity contribution < 1.29 is 16.8 Å². The molecule has 0 N–H and O–H groups in total. The van der Waals surface area contributed by atoms with Crippen molar-refractivity contribution in [2.24, 2.45) is 10.8 Å². The van der Waals surface area contributed by atoms with Crippen molar-refractivity contribution in [2.75, 3.05) is 0 Å². The van der Waals surface area contributed by atoms with Crippen molar-refractivity contribution in [3.63, 3.8) is 0 Å². The van der Waals surface area contributed by atoms with Crippen LogP contribution in [0.2, 0.25) is 0 Å². The van der Waals surface area contributed by atoms with Crippen molar-refractivity contribution in [3.05, 3.63) is 41.2 Å². The third-order valence-corrected chi connectivity index (χ3v) is 12.6. The van der Waals surface area contributed by atoms with E-state index in [4.69, 9.17) is 9.30 Å². The first kappa shape index (κ1) is 18.3. The summed E-state index contributed by atoms with van der Waals surface area (Å²) < 4.78 is 3.13. The SMILES string of the molecule is CC1=C(C)C(C)(C)[C]([Ti]([Cl])[C]2=C(C)C(C)=C(C)C2(C)C)=C1C. The van der Waals surface area contributed by atoms with Crippen LogP contribution in [0.15, 0.2) is 41.2 Å². The van der Waals surface area contributed by atoms with Crippen molar-refractivity contribution in [1.82, 2.24) is 0 Å². The molecule has 0 amide bonds. The van der Waals surface area contributed by atoms with Crippen LogP contribution in [-0.4, -0.2) is 0 Å². The Balaban J connectivity index is 2.59. The Morgan fingerprint density at radius 1 is 0.591 bits per heavy atom. The van der Waals surface area contributed by atoms with E-state index >= 15 is 0 Å². The van der Waals surface area contributed by atoms with Crippen LogP contribution < -0.4 is 0 Å². The van der Waals surface area contributed by atoms with E-state index in [1.54, 1.807) is 7.76 Å². The zero-order chi connectivity index (χ0) is 17.2. The first-order valence-electron chi connectivity index (χ1n) is 8.19. The van der Waals surface area contributed by atoms with Gasteiger partial charge in [0.25, 0.3) is 0 Å². The standard InChI is InChI=1S/2C10H15.ClH.Ti/c2*1-7-6-10(4,5)9(3)8(7)2;;/h2*1-5H3;1H;/q;;;+1/p-1. The molecule has 0 aromatic heterocycles. The van der Waals surface area contributed by atoms with E-state index in [1.807, 2.05) is 0 Å². The molecular weight excluding hydrogens is 324 g/mol. The van der Waals surface area contributed by atoms with Gasteiger partial charge in [-0.1, -0.05) is 0 Å². The quantitative estimate of drug-likeness (QED) is 0.466. The van der Waals surface area contributed by atoms with Gasteiger partial charge in [0.1, 0.15) is 0 Å².